The summed E-state index contributed by atoms with van der Waals surface area (Å²) < 4.78 is 0. The summed E-state index contributed by atoms with van der Waals surface area (Å²) in [7, 11) is 2.10. The van der Waals surface area contributed by atoms with Gasteiger partial charge < -0.3 is 10.6 Å². The molecule has 1 aromatic carbocycles. The van der Waals surface area contributed by atoms with Crippen LogP contribution in [0.1, 0.15) is 12.8 Å². The van der Waals surface area contributed by atoms with Gasteiger partial charge in [-0.1, -0.05) is 18.2 Å². The van der Waals surface area contributed by atoms with E-state index in [2.05, 4.69) is 11.9 Å². The number of piperidine rings is 1. The summed E-state index contributed by atoms with van der Waals surface area (Å²) in [6.07, 6.45) is 1.96. The monoisotopic (exact) mass is 233 g/mol. The minimum Gasteiger partial charge on any atom is -0.351 e. The van der Waals surface area contributed by atoms with E-state index in [0.29, 0.717) is 0 Å². The number of anilines is 1. The molecule has 0 bridgehead atoms. The van der Waals surface area contributed by atoms with Gasteiger partial charge in [0.2, 0.25) is 0 Å². The average Bonchev–Trinajstić information content (AvgIpc) is 2.33. The van der Waals surface area contributed by atoms with E-state index in [1.165, 1.54) is 0 Å². The lowest BCUT2D eigenvalue weighted by Crippen LogP contribution is -2.48. The summed E-state index contributed by atoms with van der Waals surface area (Å²) in [6, 6.07) is 9.54. The standard InChI is InChI=1S/C13H19N3O/c1-15-9-7-12(8-10-15)16(13(14)17)11-5-3-2-4-6-11/h2-6,12H,7-10H2,1H3,(H2,14,17). The van der Waals surface area contributed by atoms with E-state index in [1.807, 2.05) is 30.3 Å². The molecule has 4 nitrogen and oxygen atoms in total. The highest BCUT2D eigenvalue weighted by Crippen LogP contribution is 2.22. The van der Waals surface area contributed by atoms with Crippen molar-refractivity contribution in [1.82, 2.24) is 4.90 Å². The Morgan fingerprint density at radius 3 is 2.41 bits per heavy atom. The van der Waals surface area contributed by atoms with Gasteiger partial charge in [-0.05, 0) is 45.1 Å². The number of likely N-dealkylation sites (tertiary alicyclic amines) is 1. The molecule has 2 N–H and O–H groups in total. The van der Waals surface area contributed by atoms with Crippen LogP contribution in [0.2, 0.25) is 0 Å². The molecule has 1 aliphatic heterocycles. The molecule has 0 spiro atoms. The maximum atomic E-state index is 11.6. The fourth-order valence-electron chi connectivity index (χ4n) is 2.36. The summed E-state index contributed by atoms with van der Waals surface area (Å²) in [5.41, 5.74) is 6.41. The number of carbonyl (C=O) groups is 1. The Morgan fingerprint density at radius 1 is 1.29 bits per heavy atom. The first kappa shape index (κ1) is 11.9. The van der Waals surface area contributed by atoms with E-state index in [4.69, 9.17) is 5.73 Å². The molecular formula is C13H19N3O. The molecule has 92 valence electrons. The molecule has 0 atom stereocenters. The molecule has 0 aromatic heterocycles. The van der Waals surface area contributed by atoms with Crippen LogP contribution in [0.4, 0.5) is 10.5 Å². The zero-order valence-corrected chi connectivity index (χ0v) is 10.2. The molecule has 1 aromatic rings. The third-order valence-electron chi connectivity index (χ3n) is 3.33. The van der Waals surface area contributed by atoms with E-state index in [9.17, 15) is 4.79 Å². The maximum Gasteiger partial charge on any atom is 0.319 e. The summed E-state index contributed by atoms with van der Waals surface area (Å²) in [5, 5.41) is 0. The Labute approximate surface area is 102 Å². The molecule has 0 radical (unpaired) electrons. The molecule has 17 heavy (non-hydrogen) atoms. The van der Waals surface area contributed by atoms with E-state index >= 15 is 0 Å². The summed E-state index contributed by atoms with van der Waals surface area (Å²) in [4.78, 5) is 15.6. The number of hydrogen-bond donors (Lipinski definition) is 1. The van der Waals surface area contributed by atoms with Crippen molar-refractivity contribution in [2.45, 2.75) is 18.9 Å². The lowest BCUT2D eigenvalue weighted by Gasteiger charge is -2.36. The van der Waals surface area contributed by atoms with Gasteiger partial charge in [-0.15, -0.1) is 0 Å². The van der Waals surface area contributed by atoms with Gasteiger partial charge in [0.25, 0.3) is 0 Å². The first-order valence-corrected chi connectivity index (χ1v) is 6.01. The molecule has 1 heterocycles. The van der Waals surface area contributed by atoms with Crippen LogP contribution in [-0.2, 0) is 0 Å². The van der Waals surface area contributed by atoms with Crippen molar-refractivity contribution in [2.75, 3.05) is 25.0 Å². The third kappa shape index (κ3) is 2.77. The molecule has 2 rings (SSSR count). The molecule has 0 saturated carbocycles. The van der Waals surface area contributed by atoms with Gasteiger partial charge in [-0.2, -0.15) is 0 Å². The predicted octanol–water partition coefficient (Wildman–Crippen LogP) is 1.67. The number of amides is 2. The average molecular weight is 233 g/mol. The lowest BCUT2D eigenvalue weighted by atomic mass is 10.0. The number of para-hydroxylation sites is 1. The van der Waals surface area contributed by atoms with Crippen molar-refractivity contribution in [1.29, 1.82) is 0 Å². The van der Waals surface area contributed by atoms with Crippen LogP contribution < -0.4 is 10.6 Å². The number of nitrogens with two attached hydrogens (primary N) is 1. The van der Waals surface area contributed by atoms with Crippen molar-refractivity contribution < 1.29 is 4.79 Å². The smallest absolute Gasteiger partial charge is 0.319 e. The van der Waals surface area contributed by atoms with Crippen LogP contribution in [0.5, 0.6) is 0 Å². The van der Waals surface area contributed by atoms with Crippen LogP contribution in [0.3, 0.4) is 0 Å². The van der Waals surface area contributed by atoms with Crippen LogP contribution >= 0.6 is 0 Å². The lowest BCUT2D eigenvalue weighted by molar-refractivity contribution is 0.232. The molecule has 1 fully saturated rings. The summed E-state index contributed by atoms with van der Waals surface area (Å²) in [5.74, 6) is 0. The highest BCUT2D eigenvalue weighted by atomic mass is 16.2. The van der Waals surface area contributed by atoms with Gasteiger partial charge in [0.05, 0.1) is 0 Å². The van der Waals surface area contributed by atoms with Gasteiger partial charge in [0, 0.05) is 11.7 Å². The van der Waals surface area contributed by atoms with Gasteiger partial charge in [0.1, 0.15) is 0 Å². The number of rotatable bonds is 2. The van der Waals surface area contributed by atoms with E-state index in [1.54, 1.807) is 4.90 Å². The number of carbonyl (C=O) groups excluding carboxylic acids is 1. The molecule has 1 saturated heterocycles. The Kier molecular flexibility index (Phi) is 3.64. The predicted molar refractivity (Wildman–Crippen MR) is 69.0 cm³/mol. The fraction of sp³-hybridized carbons (Fsp3) is 0.462. The van der Waals surface area contributed by atoms with E-state index < -0.39 is 0 Å². The summed E-state index contributed by atoms with van der Waals surface area (Å²) >= 11 is 0. The second-order valence-electron chi connectivity index (χ2n) is 4.58. The highest BCUT2D eigenvalue weighted by Gasteiger charge is 2.26. The zero-order valence-electron chi connectivity index (χ0n) is 10.2. The van der Waals surface area contributed by atoms with Crippen LogP contribution in [0, 0.1) is 0 Å². The van der Waals surface area contributed by atoms with Crippen LogP contribution in [-0.4, -0.2) is 37.1 Å². The fourth-order valence-corrected chi connectivity index (χ4v) is 2.36. The summed E-state index contributed by atoms with van der Waals surface area (Å²) in [6.45, 7) is 2.03. The Bertz CT molecular complexity index is 372. The third-order valence-corrected chi connectivity index (χ3v) is 3.33. The van der Waals surface area contributed by atoms with Crippen molar-refractivity contribution >= 4 is 11.7 Å². The number of urea groups is 1. The SMILES string of the molecule is CN1CCC(N(C(N)=O)c2ccccc2)CC1. The van der Waals surface area contributed by atoms with Gasteiger partial charge in [-0.25, -0.2) is 4.79 Å². The maximum absolute atomic E-state index is 11.6. The second-order valence-corrected chi connectivity index (χ2v) is 4.58. The molecular weight excluding hydrogens is 214 g/mol. The van der Waals surface area contributed by atoms with Crippen LogP contribution in [0.25, 0.3) is 0 Å². The minimum absolute atomic E-state index is 0.228. The van der Waals surface area contributed by atoms with Crippen molar-refractivity contribution in [3.8, 4) is 0 Å². The van der Waals surface area contributed by atoms with Gasteiger partial charge in [0.15, 0.2) is 0 Å². The molecule has 0 unspecified atom stereocenters. The zero-order chi connectivity index (χ0) is 12.3. The van der Waals surface area contributed by atoms with E-state index in [-0.39, 0.29) is 12.1 Å². The van der Waals surface area contributed by atoms with Crippen LogP contribution in [0.15, 0.2) is 30.3 Å². The number of primary amides is 1. The van der Waals surface area contributed by atoms with Crippen molar-refractivity contribution in [3.05, 3.63) is 30.3 Å². The minimum atomic E-state index is -0.356. The second kappa shape index (κ2) is 5.19. The Morgan fingerprint density at radius 2 is 1.88 bits per heavy atom. The van der Waals surface area contributed by atoms with E-state index in [0.717, 1.165) is 31.6 Å². The quantitative estimate of drug-likeness (QED) is 0.844. The molecule has 1 aliphatic rings. The number of benzene rings is 1. The van der Waals surface area contributed by atoms with Crippen molar-refractivity contribution in [3.63, 3.8) is 0 Å². The van der Waals surface area contributed by atoms with Crippen molar-refractivity contribution in [2.24, 2.45) is 5.73 Å². The molecule has 2 amide bonds. The highest BCUT2D eigenvalue weighted by molar-refractivity contribution is 5.91. The normalized spacial score (nSPS) is 17.9. The first-order valence-electron chi connectivity index (χ1n) is 6.01. The largest absolute Gasteiger partial charge is 0.351 e. The number of nitrogens with zero attached hydrogens (tertiary/aromatic N) is 2. The van der Waals surface area contributed by atoms with Gasteiger partial charge >= 0.3 is 6.03 Å². The van der Waals surface area contributed by atoms with Gasteiger partial charge in [-0.3, -0.25) is 4.90 Å². The number of hydrogen-bond acceptors (Lipinski definition) is 2. The Hall–Kier alpha value is -1.55. The molecule has 0 aliphatic carbocycles. The topological polar surface area (TPSA) is 49.6 Å². The Balaban J connectivity index is 2.16. The molecule has 4 heteroatoms. The first-order chi connectivity index (χ1) is 8.18.